The van der Waals surface area contributed by atoms with E-state index in [2.05, 4.69) is 65.4 Å². The molecule has 5 heteroatoms. The van der Waals surface area contributed by atoms with Gasteiger partial charge in [0.2, 0.25) is 0 Å². The van der Waals surface area contributed by atoms with Crippen molar-refractivity contribution < 1.29 is 14.6 Å². The van der Waals surface area contributed by atoms with Crippen molar-refractivity contribution in [2.75, 3.05) is 13.2 Å². The lowest BCUT2D eigenvalue weighted by molar-refractivity contribution is -0.177. The average molecular weight is 563 g/mol. The normalized spacial score (nSPS) is 44.9. The maximum atomic E-state index is 13.0. The predicted molar refractivity (Wildman–Crippen MR) is 162 cm³/mol. The number of carboxylic acid groups (broad SMARTS) is 1. The first-order chi connectivity index (χ1) is 19.2. The zero-order chi connectivity index (χ0) is 29.2. The molecular formula is C36H54N2O3. The summed E-state index contributed by atoms with van der Waals surface area (Å²) in [6.07, 6.45) is 16.6. The SMILES string of the molecule is CC1(C)CC[C@]2(C(=O)O)CC[C@]3(C)C(=CC[C@@H]4[C@@]5(C)Cc6cn(C7CCOCC7)nc6C(C)(C)[C@@H]5CC[C@]43C)[C@@H]2C1. The number of hydrogen-bond acceptors (Lipinski definition) is 3. The number of hydrogen-bond donors (Lipinski definition) is 1. The summed E-state index contributed by atoms with van der Waals surface area (Å²) < 4.78 is 7.98. The molecule has 0 spiro atoms. The van der Waals surface area contributed by atoms with Gasteiger partial charge in [-0.1, -0.05) is 60.1 Å². The molecule has 1 N–H and O–H groups in total. The van der Waals surface area contributed by atoms with E-state index in [4.69, 9.17) is 9.84 Å². The molecule has 0 bridgehead atoms. The van der Waals surface area contributed by atoms with Crippen LogP contribution in [-0.2, 0) is 21.4 Å². The van der Waals surface area contributed by atoms with Gasteiger partial charge < -0.3 is 9.84 Å². The van der Waals surface area contributed by atoms with Crippen LogP contribution >= 0.6 is 0 Å². The molecule has 7 rings (SSSR count). The van der Waals surface area contributed by atoms with Crippen molar-refractivity contribution in [3.8, 4) is 0 Å². The summed E-state index contributed by atoms with van der Waals surface area (Å²) in [6, 6.07) is 0.459. The van der Waals surface area contributed by atoms with Gasteiger partial charge in [-0.3, -0.25) is 9.48 Å². The molecule has 226 valence electrons. The Bertz CT molecular complexity index is 1290. The molecule has 5 nitrogen and oxygen atoms in total. The standard InChI is InChI=1S/C36H54N2O3/c1-31(2)14-16-36(30(39)40)17-15-34(6)25(26(36)21-31)8-9-28-33(5)20-23-22-38(24-11-18-41-19-12-24)37-29(23)32(3,4)27(33)10-13-35(28,34)7/h8,22,24,26-28H,9-21H2,1-7H3,(H,39,40)/t26-,27-,28+,33-,34+,35+,36-/m0/s1. The third-order valence-corrected chi connectivity index (χ3v) is 14.8. The second-order valence-electron chi connectivity index (χ2n) is 17.4. The topological polar surface area (TPSA) is 64.3 Å². The smallest absolute Gasteiger partial charge is 0.310 e. The number of allylic oxidation sites excluding steroid dienone is 2. The first-order valence-electron chi connectivity index (χ1n) is 16.8. The quantitative estimate of drug-likeness (QED) is 0.370. The van der Waals surface area contributed by atoms with Gasteiger partial charge >= 0.3 is 5.97 Å². The molecule has 1 aliphatic heterocycles. The third-order valence-electron chi connectivity index (χ3n) is 14.8. The van der Waals surface area contributed by atoms with E-state index >= 15 is 0 Å². The fourth-order valence-corrected chi connectivity index (χ4v) is 12.2. The molecule has 0 unspecified atom stereocenters. The van der Waals surface area contributed by atoms with Crippen molar-refractivity contribution in [1.29, 1.82) is 0 Å². The zero-order valence-electron chi connectivity index (χ0n) is 26.8. The van der Waals surface area contributed by atoms with Crippen molar-refractivity contribution in [3.05, 3.63) is 29.1 Å². The second-order valence-corrected chi connectivity index (χ2v) is 17.4. The molecule has 5 aliphatic carbocycles. The Balaban J connectivity index is 1.29. The van der Waals surface area contributed by atoms with Crippen LogP contribution in [0, 0.1) is 44.8 Å². The summed E-state index contributed by atoms with van der Waals surface area (Å²) >= 11 is 0. The lowest BCUT2D eigenvalue weighted by Gasteiger charge is -2.70. The van der Waals surface area contributed by atoms with Gasteiger partial charge in [-0.15, -0.1) is 0 Å². The predicted octanol–water partition coefficient (Wildman–Crippen LogP) is 8.13. The molecule has 0 radical (unpaired) electrons. The minimum atomic E-state index is -0.564. The van der Waals surface area contributed by atoms with Crippen LogP contribution in [0.3, 0.4) is 0 Å². The van der Waals surface area contributed by atoms with Gasteiger partial charge in [0, 0.05) is 24.8 Å². The number of aromatic nitrogens is 2. The van der Waals surface area contributed by atoms with Gasteiger partial charge in [-0.05, 0) is 116 Å². The number of ether oxygens (including phenoxy) is 1. The summed E-state index contributed by atoms with van der Waals surface area (Å²) in [7, 11) is 0. The van der Waals surface area contributed by atoms with E-state index in [9.17, 15) is 9.90 Å². The Morgan fingerprint density at radius 2 is 1.66 bits per heavy atom. The van der Waals surface area contributed by atoms with Crippen LogP contribution in [0.5, 0.6) is 0 Å². The fraction of sp³-hybridized carbons (Fsp3) is 0.833. The van der Waals surface area contributed by atoms with Crippen LogP contribution in [0.1, 0.15) is 130 Å². The Morgan fingerprint density at radius 3 is 2.37 bits per heavy atom. The minimum absolute atomic E-state index is 0.0450. The van der Waals surface area contributed by atoms with Crippen molar-refractivity contribution in [1.82, 2.24) is 9.78 Å². The van der Waals surface area contributed by atoms with Crippen molar-refractivity contribution in [3.63, 3.8) is 0 Å². The minimum Gasteiger partial charge on any atom is -0.481 e. The van der Waals surface area contributed by atoms with E-state index < -0.39 is 11.4 Å². The van der Waals surface area contributed by atoms with E-state index in [1.54, 1.807) is 0 Å². The summed E-state index contributed by atoms with van der Waals surface area (Å²) in [6.45, 7) is 19.2. The molecular weight excluding hydrogens is 508 g/mol. The molecule has 2 heterocycles. The van der Waals surface area contributed by atoms with Crippen molar-refractivity contribution in [2.24, 2.45) is 44.8 Å². The monoisotopic (exact) mass is 562 g/mol. The van der Waals surface area contributed by atoms with Crippen LogP contribution in [0.15, 0.2) is 17.8 Å². The number of carbonyl (C=O) groups is 1. The number of carboxylic acids is 1. The van der Waals surface area contributed by atoms with Crippen LogP contribution in [-0.4, -0.2) is 34.1 Å². The summed E-state index contributed by atoms with van der Waals surface area (Å²) in [5, 5.41) is 16.0. The highest BCUT2D eigenvalue weighted by atomic mass is 16.5. The molecule has 4 fully saturated rings. The van der Waals surface area contributed by atoms with Crippen LogP contribution in [0.4, 0.5) is 0 Å². The molecule has 0 amide bonds. The van der Waals surface area contributed by atoms with Crippen molar-refractivity contribution in [2.45, 2.75) is 131 Å². The van der Waals surface area contributed by atoms with Gasteiger partial charge in [0.15, 0.2) is 0 Å². The fourth-order valence-electron chi connectivity index (χ4n) is 12.2. The lowest BCUT2D eigenvalue weighted by atomic mass is 9.33. The number of aliphatic carboxylic acids is 1. The molecule has 6 aliphatic rings. The van der Waals surface area contributed by atoms with E-state index in [1.807, 2.05) is 0 Å². The van der Waals surface area contributed by atoms with Gasteiger partial charge in [0.25, 0.3) is 0 Å². The first kappa shape index (κ1) is 28.2. The average Bonchev–Trinajstić information content (AvgIpc) is 3.33. The summed E-state index contributed by atoms with van der Waals surface area (Å²) in [5.74, 6) is 0.840. The van der Waals surface area contributed by atoms with Crippen LogP contribution in [0.25, 0.3) is 0 Å². The Labute approximate surface area is 247 Å². The van der Waals surface area contributed by atoms with Gasteiger partial charge in [0.1, 0.15) is 0 Å². The second kappa shape index (κ2) is 8.73. The Hall–Kier alpha value is -1.62. The molecule has 1 aromatic rings. The largest absolute Gasteiger partial charge is 0.481 e. The molecule has 1 saturated heterocycles. The third kappa shape index (κ3) is 3.62. The molecule has 1 aromatic heterocycles. The van der Waals surface area contributed by atoms with Gasteiger partial charge in [0.05, 0.1) is 17.2 Å². The van der Waals surface area contributed by atoms with E-state index in [1.165, 1.54) is 29.7 Å². The van der Waals surface area contributed by atoms with E-state index in [-0.39, 0.29) is 33.0 Å². The Kier molecular flexibility index (Phi) is 6.00. The highest BCUT2D eigenvalue weighted by Crippen LogP contribution is 2.75. The number of rotatable bonds is 2. The van der Waals surface area contributed by atoms with Crippen LogP contribution in [0.2, 0.25) is 0 Å². The molecule has 3 saturated carbocycles. The van der Waals surface area contributed by atoms with E-state index in [0.29, 0.717) is 17.9 Å². The maximum absolute atomic E-state index is 13.0. The van der Waals surface area contributed by atoms with Crippen LogP contribution < -0.4 is 0 Å². The van der Waals surface area contributed by atoms with Gasteiger partial charge in [-0.25, -0.2) is 0 Å². The lowest BCUT2D eigenvalue weighted by Crippen LogP contribution is -2.64. The summed E-state index contributed by atoms with van der Waals surface area (Å²) in [5.41, 5.74) is 4.49. The first-order valence-corrected chi connectivity index (χ1v) is 16.8. The maximum Gasteiger partial charge on any atom is 0.310 e. The summed E-state index contributed by atoms with van der Waals surface area (Å²) in [4.78, 5) is 13.0. The molecule has 0 aromatic carbocycles. The van der Waals surface area contributed by atoms with Crippen molar-refractivity contribution >= 4 is 5.97 Å². The Morgan fingerprint density at radius 1 is 0.951 bits per heavy atom. The molecule has 7 atom stereocenters. The number of fused-ring (bicyclic) bond motifs is 8. The van der Waals surface area contributed by atoms with E-state index in [0.717, 1.165) is 71.0 Å². The van der Waals surface area contributed by atoms with Gasteiger partial charge in [-0.2, -0.15) is 5.10 Å². The molecule has 41 heavy (non-hydrogen) atoms. The highest BCUT2D eigenvalue weighted by molar-refractivity contribution is 5.76. The highest BCUT2D eigenvalue weighted by Gasteiger charge is 2.69. The number of nitrogens with zero attached hydrogens (tertiary/aromatic N) is 2. The zero-order valence-corrected chi connectivity index (χ0v) is 26.8.